The molecule has 4 fully saturated rings. The summed E-state index contributed by atoms with van der Waals surface area (Å²) >= 11 is 2.24. The first-order valence-electron chi connectivity index (χ1n) is 8.74. The Morgan fingerprint density at radius 1 is 1.14 bits per heavy atom. The molecule has 5 rings (SSSR count). The van der Waals surface area contributed by atoms with Crippen molar-refractivity contribution in [3.8, 4) is 0 Å². The lowest BCUT2D eigenvalue weighted by molar-refractivity contribution is -0.0553. The van der Waals surface area contributed by atoms with Gasteiger partial charge in [-0.2, -0.15) is 11.8 Å². The standard InChI is InChI=1S/C18H28N2S/c1-13(2)21-17(11-20-4-3-19-12-20)18-8-14-5-15(9-18)7-16(6-14)10-18/h3-4,12-17H,5-11H2,1-2H3. The summed E-state index contributed by atoms with van der Waals surface area (Å²) in [5.74, 6) is 3.15. The fourth-order valence-electron chi connectivity index (χ4n) is 5.87. The number of rotatable bonds is 5. The highest BCUT2D eigenvalue weighted by atomic mass is 32.2. The number of aromatic nitrogens is 2. The molecule has 1 atom stereocenters. The second kappa shape index (κ2) is 5.33. The Morgan fingerprint density at radius 3 is 2.24 bits per heavy atom. The smallest absolute Gasteiger partial charge is 0.0946 e. The Kier molecular flexibility index (Phi) is 3.60. The summed E-state index contributed by atoms with van der Waals surface area (Å²) in [7, 11) is 0. The lowest BCUT2D eigenvalue weighted by Crippen LogP contribution is -2.52. The van der Waals surface area contributed by atoms with Gasteiger partial charge in [-0.1, -0.05) is 13.8 Å². The molecule has 0 spiro atoms. The van der Waals surface area contributed by atoms with Crippen molar-refractivity contribution in [3.63, 3.8) is 0 Å². The van der Waals surface area contributed by atoms with E-state index in [1.54, 1.807) is 19.3 Å². The van der Waals surface area contributed by atoms with Crippen molar-refractivity contribution >= 4 is 11.8 Å². The van der Waals surface area contributed by atoms with Gasteiger partial charge in [-0.25, -0.2) is 4.98 Å². The Balaban J connectivity index is 1.59. The van der Waals surface area contributed by atoms with Crippen molar-refractivity contribution in [3.05, 3.63) is 18.7 Å². The quantitative estimate of drug-likeness (QED) is 0.790. The van der Waals surface area contributed by atoms with Crippen LogP contribution < -0.4 is 0 Å². The lowest BCUT2D eigenvalue weighted by atomic mass is 9.48. The minimum absolute atomic E-state index is 0.633. The summed E-state index contributed by atoms with van der Waals surface area (Å²) in [5.41, 5.74) is 0.633. The molecule has 0 radical (unpaired) electrons. The zero-order valence-electron chi connectivity index (χ0n) is 13.4. The molecule has 4 aliphatic rings. The van der Waals surface area contributed by atoms with Gasteiger partial charge in [0.15, 0.2) is 0 Å². The van der Waals surface area contributed by atoms with Crippen LogP contribution in [-0.2, 0) is 6.54 Å². The first-order valence-corrected chi connectivity index (χ1v) is 9.68. The van der Waals surface area contributed by atoms with E-state index in [2.05, 4.69) is 41.4 Å². The van der Waals surface area contributed by atoms with Crippen LogP contribution in [0, 0.1) is 23.2 Å². The third-order valence-corrected chi connectivity index (χ3v) is 7.66. The molecule has 4 bridgehead atoms. The fourth-order valence-corrected chi connectivity index (χ4v) is 7.36. The minimum Gasteiger partial charge on any atom is -0.336 e. The van der Waals surface area contributed by atoms with Gasteiger partial charge in [-0.3, -0.25) is 0 Å². The van der Waals surface area contributed by atoms with Crippen LogP contribution in [0.4, 0.5) is 0 Å². The van der Waals surface area contributed by atoms with Gasteiger partial charge in [-0.05, 0) is 66.9 Å². The van der Waals surface area contributed by atoms with E-state index in [1.165, 1.54) is 19.3 Å². The Hall–Kier alpha value is -0.440. The van der Waals surface area contributed by atoms with Crippen LogP contribution in [0.3, 0.4) is 0 Å². The van der Waals surface area contributed by atoms with Crippen LogP contribution in [0.15, 0.2) is 18.7 Å². The maximum atomic E-state index is 4.25. The molecule has 116 valence electrons. The predicted molar refractivity (Wildman–Crippen MR) is 89.3 cm³/mol. The molecule has 0 amide bonds. The zero-order valence-corrected chi connectivity index (χ0v) is 14.2. The molecule has 0 aliphatic heterocycles. The van der Waals surface area contributed by atoms with Crippen molar-refractivity contribution in [2.45, 2.75) is 69.4 Å². The van der Waals surface area contributed by atoms with E-state index in [-0.39, 0.29) is 0 Å². The van der Waals surface area contributed by atoms with Gasteiger partial charge in [0.1, 0.15) is 0 Å². The number of hydrogen-bond donors (Lipinski definition) is 0. The van der Waals surface area contributed by atoms with Crippen LogP contribution in [-0.4, -0.2) is 20.1 Å². The molecular formula is C18H28N2S. The third kappa shape index (κ3) is 2.67. The monoisotopic (exact) mass is 304 g/mol. The molecule has 4 saturated carbocycles. The second-order valence-corrected chi connectivity index (χ2v) is 10.00. The topological polar surface area (TPSA) is 17.8 Å². The van der Waals surface area contributed by atoms with E-state index >= 15 is 0 Å². The normalized spacial score (nSPS) is 39.1. The average Bonchev–Trinajstić information content (AvgIpc) is 2.88. The minimum atomic E-state index is 0.633. The molecule has 1 unspecified atom stereocenters. The largest absolute Gasteiger partial charge is 0.336 e. The van der Waals surface area contributed by atoms with Gasteiger partial charge >= 0.3 is 0 Å². The van der Waals surface area contributed by atoms with E-state index in [0.29, 0.717) is 5.41 Å². The van der Waals surface area contributed by atoms with E-state index in [1.807, 2.05) is 12.5 Å². The van der Waals surface area contributed by atoms with Crippen LogP contribution >= 0.6 is 11.8 Å². The number of thioether (sulfide) groups is 1. The van der Waals surface area contributed by atoms with Crippen molar-refractivity contribution < 1.29 is 0 Å². The van der Waals surface area contributed by atoms with Gasteiger partial charge in [0.2, 0.25) is 0 Å². The van der Waals surface area contributed by atoms with E-state index in [9.17, 15) is 0 Å². The van der Waals surface area contributed by atoms with Crippen molar-refractivity contribution in [1.82, 2.24) is 9.55 Å². The van der Waals surface area contributed by atoms with Gasteiger partial charge < -0.3 is 4.57 Å². The third-order valence-electron chi connectivity index (χ3n) is 6.14. The fraction of sp³-hybridized carbons (Fsp3) is 0.833. The zero-order chi connectivity index (χ0) is 14.4. The molecule has 0 saturated heterocycles. The maximum Gasteiger partial charge on any atom is 0.0946 e. The van der Waals surface area contributed by atoms with E-state index in [4.69, 9.17) is 0 Å². The molecule has 1 heterocycles. The summed E-state index contributed by atoms with van der Waals surface area (Å²) < 4.78 is 2.32. The molecule has 0 N–H and O–H groups in total. The Morgan fingerprint density at radius 2 is 1.76 bits per heavy atom. The summed E-state index contributed by atoms with van der Waals surface area (Å²) in [6.07, 6.45) is 15.3. The maximum absolute atomic E-state index is 4.25. The predicted octanol–water partition coefficient (Wildman–Crippen LogP) is 4.61. The lowest BCUT2D eigenvalue weighted by Gasteiger charge is -2.59. The highest BCUT2D eigenvalue weighted by molar-refractivity contribution is 8.00. The van der Waals surface area contributed by atoms with E-state index in [0.717, 1.165) is 34.8 Å². The first kappa shape index (κ1) is 14.2. The first-order chi connectivity index (χ1) is 10.1. The summed E-state index contributed by atoms with van der Waals surface area (Å²) in [5, 5.41) is 1.51. The summed E-state index contributed by atoms with van der Waals surface area (Å²) in [4.78, 5) is 4.25. The van der Waals surface area contributed by atoms with Crippen LogP contribution in [0.25, 0.3) is 0 Å². The molecule has 21 heavy (non-hydrogen) atoms. The average molecular weight is 305 g/mol. The molecule has 1 aromatic rings. The van der Waals surface area contributed by atoms with Gasteiger partial charge in [0.25, 0.3) is 0 Å². The molecule has 4 aliphatic carbocycles. The van der Waals surface area contributed by atoms with Gasteiger partial charge in [-0.15, -0.1) is 0 Å². The van der Waals surface area contributed by atoms with Crippen molar-refractivity contribution in [1.29, 1.82) is 0 Å². The molecule has 2 nitrogen and oxygen atoms in total. The van der Waals surface area contributed by atoms with E-state index < -0.39 is 0 Å². The Bertz CT molecular complexity index is 444. The van der Waals surface area contributed by atoms with Crippen molar-refractivity contribution in [2.24, 2.45) is 23.2 Å². The van der Waals surface area contributed by atoms with Crippen molar-refractivity contribution in [2.75, 3.05) is 0 Å². The molecule has 1 aromatic heterocycles. The van der Waals surface area contributed by atoms with Crippen LogP contribution in [0.2, 0.25) is 0 Å². The number of imidazole rings is 1. The highest BCUT2D eigenvalue weighted by Gasteiger charge is 2.54. The summed E-state index contributed by atoms with van der Waals surface area (Å²) in [6, 6.07) is 0. The van der Waals surface area contributed by atoms with Gasteiger partial charge in [0.05, 0.1) is 6.33 Å². The highest BCUT2D eigenvalue weighted by Crippen LogP contribution is 2.63. The SMILES string of the molecule is CC(C)SC(Cn1ccnc1)C12CC3CC(CC(C3)C1)C2. The summed E-state index contributed by atoms with van der Waals surface area (Å²) in [6.45, 7) is 5.90. The molecule has 0 aromatic carbocycles. The van der Waals surface area contributed by atoms with Gasteiger partial charge in [0, 0.05) is 24.2 Å². The number of hydrogen-bond acceptors (Lipinski definition) is 2. The Labute approximate surface area is 133 Å². The second-order valence-electron chi connectivity index (χ2n) is 8.21. The molecular weight excluding hydrogens is 276 g/mol. The molecule has 3 heteroatoms. The number of nitrogens with zero attached hydrogens (tertiary/aromatic N) is 2. The van der Waals surface area contributed by atoms with Crippen LogP contribution in [0.1, 0.15) is 52.4 Å². The van der Waals surface area contributed by atoms with Crippen LogP contribution in [0.5, 0.6) is 0 Å².